The molecule has 0 unspecified atom stereocenters. The van der Waals surface area contributed by atoms with Gasteiger partial charge in [0.1, 0.15) is 0 Å². The number of hydrogen-bond acceptors (Lipinski definition) is 7. The number of methoxy groups -OCH3 is 1. The van der Waals surface area contributed by atoms with Gasteiger partial charge in [-0.2, -0.15) is 0 Å². The summed E-state index contributed by atoms with van der Waals surface area (Å²) in [6.45, 7) is 3.22. The second-order valence-electron chi connectivity index (χ2n) is 5.23. The maximum Gasteiger partial charge on any atom is 0.491 e. The number of aromatic nitrogens is 2. The van der Waals surface area contributed by atoms with E-state index in [1.54, 1.807) is 0 Å². The number of ether oxygens (including phenoxy) is 1. The van der Waals surface area contributed by atoms with Crippen molar-refractivity contribution in [1.82, 2.24) is 9.97 Å². The summed E-state index contributed by atoms with van der Waals surface area (Å²) in [5.41, 5.74) is -0.197. The van der Waals surface area contributed by atoms with E-state index >= 15 is 0 Å². The summed E-state index contributed by atoms with van der Waals surface area (Å²) in [4.78, 5) is 21.9. The summed E-state index contributed by atoms with van der Waals surface area (Å²) in [5.74, 6) is 0.345. The molecule has 8 heteroatoms. The number of carbonyl (C=O) groups excluding carboxylic acids is 1. The van der Waals surface area contributed by atoms with Crippen LogP contribution in [0.2, 0.25) is 0 Å². The average Bonchev–Trinajstić information content (AvgIpc) is 2.47. The molecule has 7 nitrogen and oxygen atoms in total. The smallest absolute Gasteiger partial charge is 0.469 e. The third-order valence-electron chi connectivity index (χ3n) is 3.78. The highest BCUT2D eigenvalue weighted by Gasteiger charge is 2.38. The van der Waals surface area contributed by atoms with Crippen LogP contribution in [0.25, 0.3) is 0 Å². The molecule has 1 aromatic rings. The standard InChI is InChI=1S/C12H18BN3O4/c1-12(10(17)20-2)3-5-16(6-4-12)11-14-7-9(8-15-11)13(18)19/h7-8,18-19H,3-6H2,1-2H3. The highest BCUT2D eigenvalue weighted by molar-refractivity contribution is 6.58. The molecule has 1 aliphatic rings. The fraction of sp³-hybridized carbons (Fsp3) is 0.583. The second kappa shape index (κ2) is 5.76. The van der Waals surface area contributed by atoms with Crippen LogP contribution in [0.1, 0.15) is 19.8 Å². The third kappa shape index (κ3) is 2.91. The van der Waals surface area contributed by atoms with E-state index in [4.69, 9.17) is 14.8 Å². The molecule has 1 fully saturated rings. The number of hydrogen-bond donors (Lipinski definition) is 2. The molecular formula is C12H18BN3O4. The SMILES string of the molecule is COC(=O)C1(C)CCN(c2ncc(B(O)O)cn2)CC1. The zero-order chi connectivity index (χ0) is 14.8. The van der Waals surface area contributed by atoms with Crippen molar-refractivity contribution in [2.45, 2.75) is 19.8 Å². The minimum atomic E-state index is -1.56. The van der Waals surface area contributed by atoms with Gasteiger partial charge in [-0.3, -0.25) is 4.79 Å². The number of esters is 1. The quantitative estimate of drug-likeness (QED) is 0.537. The first kappa shape index (κ1) is 14.7. The molecule has 0 atom stereocenters. The molecule has 0 aromatic carbocycles. The van der Waals surface area contributed by atoms with Gasteiger partial charge in [0.15, 0.2) is 0 Å². The van der Waals surface area contributed by atoms with Crippen molar-refractivity contribution in [3.8, 4) is 0 Å². The Kier molecular flexibility index (Phi) is 4.25. The van der Waals surface area contributed by atoms with Crippen LogP contribution >= 0.6 is 0 Å². The zero-order valence-electron chi connectivity index (χ0n) is 11.6. The Morgan fingerprint density at radius 1 is 1.35 bits per heavy atom. The molecule has 0 bridgehead atoms. The van der Waals surface area contributed by atoms with Gasteiger partial charge in [-0.05, 0) is 19.8 Å². The predicted molar refractivity (Wildman–Crippen MR) is 73.4 cm³/mol. The van der Waals surface area contributed by atoms with E-state index in [1.807, 2.05) is 11.8 Å². The van der Waals surface area contributed by atoms with E-state index in [2.05, 4.69) is 9.97 Å². The lowest BCUT2D eigenvalue weighted by molar-refractivity contribution is -0.152. The number of rotatable bonds is 3. The van der Waals surface area contributed by atoms with Crippen LogP contribution in [0.3, 0.4) is 0 Å². The van der Waals surface area contributed by atoms with Gasteiger partial charge in [-0.15, -0.1) is 0 Å². The molecule has 1 saturated heterocycles. The summed E-state index contributed by atoms with van der Waals surface area (Å²) in [6.07, 6.45) is 4.13. The van der Waals surface area contributed by atoms with Gasteiger partial charge in [0.2, 0.25) is 5.95 Å². The predicted octanol–water partition coefficient (Wildman–Crippen LogP) is -1.06. The summed E-state index contributed by atoms with van der Waals surface area (Å²) >= 11 is 0. The Labute approximate surface area is 117 Å². The van der Waals surface area contributed by atoms with Crippen molar-refractivity contribution in [1.29, 1.82) is 0 Å². The van der Waals surface area contributed by atoms with Gasteiger partial charge in [-0.25, -0.2) is 9.97 Å². The number of carbonyl (C=O) groups is 1. The van der Waals surface area contributed by atoms with Gasteiger partial charge >= 0.3 is 13.1 Å². The molecule has 2 heterocycles. The van der Waals surface area contributed by atoms with E-state index in [1.165, 1.54) is 19.5 Å². The van der Waals surface area contributed by atoms with E-state index in [9.17, 15) is 4.79 Å². The van der Waals surface area contributed by atoms with Crippen molar-refractivity contribution >= 4 is 24.5 Å². The second-order valence-corrected chi connectivity index (χ2v) is 5.23. The number of piperidine rings is 1. The Balaban J connectivity index is 2.02. The van der Waals surface area contributed by atoms with Crippen molar-refractivity contribution in [3.05, 3.63) is 12.4 Å². The minimum Gasteiger partial charge on any atom is -0.469 e. The molecule has 2 N–H and O–H groups in total. The molecule has 0 radical (unpaired) electrons. The van der Waals surface area contributed by atoms with Gasteiger partial charge in [-0.1, -0.05) is 0 Å². The Hall–Kier alpha value is -1.67. The van der Waals surface area contributed by atoms with Gasteiger partial charge < -0.3 is 19.7 Å². The summed E-state index contributed by atoms with van der Waals surface area (Å²) in [5, 5.41) is 18.0. The summed E-state index contributed by atoms with van der Waals surface area (Å²) < 4.78 is 4.83. The maximum atomic E-state index is 11.7. The number of nitrogens with zero attached hydrogens (tertiary/aromatic N) is 3. The molecule has 0 aliphatic carbocycles. The van der Waals surface area contributed by atoms with Crippen LogP contribution in [0, 0.1) is 5.41 Å². The lowest BCUT2D eigenvalue weighted by Crippen LogP contribution is -2.44. The van der Waals surface area contributed by atoms with Gasteiger partial charge in [0.25, 0.3) is 0 Å². The molecule has 1 aromatic heterocycles. The van der Waals surface area contributed by atoms with Crippen LogP contribution in [0.4, 0.5) is 5.95 Å². The van der Waals surface area contributed by atoms with Crippen molar-refractivity contribution in [2.75, 3.05) is 25.1 Å². The van der Waals surface area contributed by atoms with E-state index in [0.29, 0.717) is 31.9 Å². The van der Waals surface area contributed by atoms with Crippen LogP contribution < -0.4 is 10.4 Å². The van der Waals surface area contributed by atoms with E-state index < -0.39 is 12.5 Å². The van der Waals surface area contributed by atoms with Crippen LogP contribution in [-0.4, -0.2) is 53.3 Å². The monoisotopic (exact) mass is 279 g/mol. The molecule has 1 aliphatic heterocycles. The Morgan fingerprint density at radius 3 is 2.35 bits per heavy atom. The van der Waals surface area contributed by atoms with Crippen molar-refractivity contribution in [3.63, 3.8) is 0 Å². The third-order valence-corrected chi connectivity index (χ3v) is 3.78. The van der Waals surface area contributed by atoms with Gasteiger partial charge in [0.05, 0.1) is 12.5 Å². The molecule has 0 amide bonds. The lowest BCUT2D eigenvalue weighted by atomic mass is 9.80. The molecule has 2 rings (SSSR count). The first-order valence-corrected chi connectivity index (χ1v) is 6.48. The minimum absolute atomic E-state index is 0.184. The highest BCUT2D eigenvalue weighted by atomic mass is 16.5. The molecule has 20 heavy (non-hydrogen) atoms. The first-order valence-electron chi connectivity index (χ1n) is 6.48. The maximum absolute atomic E-state index is 11.7. The molecule has 0 spiro atoms. The Morgan fingerprint density at radius 2 is 1.90 bits per heavy atom. The van der Waals surface area contributed by atoms with Crippen molar-refractivity contribution in [2.24, 2.45) is 5.41 Å². The summed E-state index contributed by atoms with van der Waals surface area (Å²) in [7, 11) is -0.157. The zero-order valence-corrected chi connectivity index (χ0v) is 11.6. The highest BCUT2D eigenvalue weighted by Crippen LogP contribution is 2.32. The normalized spacial score (nSPS) is 17.7. The number of anilines is 1. The lowest BCUT2D eigenvalue weighted by Gasteiger charge is -2.37. The molecule has 0 saturated carbocycles. The van der Waals surface area contributed by atoms with E-state index in [-0.39, 0.29) is 11.4 Å². The molecular weight excluding hydrogens is 261 g/mol. The summed E-state index contributed by atoms with van der Waals surface area (Å²) in [6, 6.07) is 0. The Bertz CT molecular complexity index is 472. The molecule has 108 valence electrons. The average molecular weight is 279 g/mol. The van der Waals surface area contributed by atoms with Crippen LogP contribution in [0.15, 0.2) is 12.4 Å². The fourth-order valence-electron chi connectivity index (χ4n) is 2.28. The fourth-order valence-corrected chi connectivity index (χ4v) is 2.28. The largest absolute Gasteiger partial charge is 0.491 e. The first-order chi connectivity index (χ1) is 9.46. The van der Waals surface area contributed by atoms with Gasteiger partial charge in [0, 0.05) is 30.9 Å². The topological polar surface area (TPSA) is 95.8 Å². The van der Waals surface area contributed by atoms with Crippen molar-refractivity contribution < 1.29 is 19.6 Å². The van der Waals surface area contributed by atoms with Crippen LogP contribution in [-0.2, 0) is 9.53 Å². The van der Waals surface area contributed by atoms with Crippen LogP contribution in [0.5, 0.6) is 0 Å². The van der Waals surface area contributed by atoms with E-state index in [0.717, 1.165) is 0 Å².